The molecule has 0 amide bonds. The second kappa shape index (κ2) is 5.02. The predicted octanol–water partition coefficient (Wildman–Crippen LogP) is 1.31. The van der Waals surface area contributed by atoms with Crippen molar-refractivity contribution in [2.75, 3.05) is 44.7 Å². The van der Waals surface area contributed by atoms with Crippen LogP contribution in [0, 0.1) is 0 Å². The van der Waals surface area contributed by atoms with Gasteiger partial charge in [0.1, 0.15) is 5.75 Å². The summed E-state index contributed by atoms with van der Waals surface area (Å²) in [6.45, 7) is 5.21. The summed E-state index contributed by atoms with van der Waals surface area (Å²) in [7, 11) is 1.72. The van der Waals surface area contributed by atoms with Gasteiger partial charge in [0.2, 0.25) is 0 Å². The van der Waals surface area contributed by atoms with Crippen molar-refractivity contribution in [1.82, 2.24) is 4.90 Å². The Balaban J connectivity index is 1.63. The summed E-state index contributed by atoms with van der Waals surface area (Å²) in [5.74, 6) is 0.931. The molecular formula is C15H23N3O. The molecule has 0 bridgehead atoms. The monoisotopic (exact) mass is 261 g/mol. The SMILES string of the molecule is COc1cccc(N2CCN(C3(CN)CC3)CC2)c1. The van der Waals surface area contributed by atoms with Gasteiger partial charge in [-0.1, -0.05) is 6.07 Å². The van der Waals surface area contributed by atoms with Gasteiger partial charge in [-0.25, -0.2) is 0 Å². The van der Waals surface area contributed by atoms with Crippen LogP contribution >= 0.6 is 0 Å². The van der Waals surface area contributed by atoms with Crippen LogP contribution in [0.1, 0.15) is 12.8 Å². The van der Waals surface area contributed by atoms with E-state index in [1.54, 1.807) is 7.11 Å². The number of anilines is 1. The van der Waals surface area contributed by atoms with Crippen LogP contribution in [0.5, 0.6) is 5.75 Å². The fourth-order valence-corrected chi connectivity index (χ4v) is 3.04. The number of nitrogens with two attached hydrogens (primary N) is 1. The van der Waals surface area contributed by atoms with Gasteiger partial charge in [0.05, 0.1) is 7.11 Å². The van der Waals surface area contributed by atoms with E-state index in [0.29, 0.717) is 5.54 Å². The Hall–Kier alpha value is -1.26. The minimum absolute atomic E-state index is 0.348. The first-order chi connectivity index (χ1) is 9.27. The third kappa shape index (κ3) is 2.42. The number of methoxy groups -OCH3 is 1. The second-order valence-electron chi connectivity index (χ2n) is 5.60. The zero-order valence-electron chi connectivity index (χ0n) is 11.6. The van der Waals surface area contributed by atoms with E-state index in [9.17, 15) is 0 Å². The number of nitrogens with zero attached hydrogens (tertiary/aromatic N) is 2. The molecule has 0 unspecified atom stereocenters. The van der Waals surface area contributed by atoms with E-state index in [2.05, 4.69) is 28.0 Å². The van der Waals surface area contributed by atoms with Crippen LogP contribution in [-0.4, -0.2) is 50.3 Å². The lowest BCUT2D eigenvalue weighted by molar-refractivity contribution is 0.171. The lowest BCUT2D eigenvalue weighted by Gasteiger charge is -2.40. The largest absolute Gasteiger partial charge is 0.497 e. The summed E-state index contributed by atoms with van der Waals surface area (Å²) in [6, 6.07) is 8.33. The molecular weight excluding hydrogens is 238 g/mol. The van der Waals surface area contributed by atoms with Gasteiger partial charge in [0.25, 0.3) is 0 Å². The fraction of sp³-hybridized carbons (Fsp3) is 0.600. The summed E-state index contributed by atoms with van der Waals surface area (Å²) in [5, 5.41) is 0. The van der Waals surface area contributed by atoms with Crippen LogP contribution in [0.15, 0.2) is 24.3 Å². The Labute approximate surface area is 115 Å². The van der Waals surface area contributed by atoms with Crippen LogP contribution in [0.2, 0.25) is 0 Å². The van der Waals surface area contributed by atoms with Gasteiger partial charge in [-0.15, -0.1) is 0 Å². The molecule has 4 nitrogen and oxygen atoms in total. The van der Waals surface area contributed by atoms with E-state index in [-0.39, 0.29) is 0 Å². The van der Waals surface area contributed by atoms with E-state index < -0.39 is 0 Å². The summed E-state index contributed by atoms with van der Waals surface area (Å²) >= 11 is 0. The highest BCUT2D eigenvalue weighted by Gasteiger charge is 2.47. The van der Waals surface area contributed by atoms with Gasteiger partial charge < -0.3 is 15.4 Å². The molecule has 0 aromatic heterocycles. The van der Waals surface area contributed by atoms with E-state index in [4.69, 9.17) is 10.5 Å². The Morgan fingerprint density at radius 2 is 1.95 bits per heavy atom. The molecule has 1 aliphatic carbocycles. The van der Waals surface area contributed by atoms with Crippen molar-refractivity contribution in [2.24, 2.45) is 5.73 Å². The molecule has 0 radical (unpaired) electrons. The molecule has 2 N–H and O–H groups in total. The molecule has 0 atom stereocenters. The molecule has 1 aromatic carbocycles. The maximum Gasteiger partial charge on any atom is 0.120 e. The summed E-state index contributed by atoms with van der Waals surface area (Å²) < 4.78 is 5.29. The number of benzene rings is 1. The highest BCUT2D eigenvalue weighted by molar-refractivity contribution is 5.51. The number of ether oxygens (including phenoxy) is 1. The maximum absolute atomic E-state index is 5.91. The van der Waals surface area contributed by atoms with E-state index in [0.717, 1.165) is 38.5 Å². The highest BCUT2D eigenvalue weighted by Crippen LogP contribution is 2.41. The maximum atomic E-state index is 5.91. The minimum Gasteiger partial charge on any atom is -0.497 e. The zero-order valence-corrected chi connectivity index (χ0v) is 11.6. The van der Waals surface area contributed by atoms with Gasteiger partial charge in [-0.05, 0) is 25.0 Å². The van der Waals surface area contributed by atoms with E-state index >= 15 is 0 Å². The van der Waals surface area contributed by atoms with Crippen molar-refractivity contribution in [2.45, 2.75) is 18.4 Å². The van der Waals surface area contributed by atoms with Crippen molar-refractivity contribution in [1.29, 1.82) is 0 Å². The van der Waals surface area contributed by atoms with Gasteiger partial charge in [0, 0.05) is 50.0 Å². The normalized spacial score (nSPS) is 22.3. The topological polar surface area (TPSA) is 41.7 Å². The first-order valence-electron chi connectivity index (χ1n) is 7.11. The van der Waals surface area contributed by atoms with Crippen LogP contribution in [0.4, 0.5) is 5.69 Å². The molecule has 0 spiro atoms. The number of hydrogen-bond donors (Lipinski definition) is 1. The van der Waals surface area contributed by atoms with Gasteiger partial charge in [-0.2, -0.15) is 0 Å². The average molecular weight is 261 g/mol. The molecule has 2 fully saturated rings. The third-order valence-electron chi connectivity index (χ3n) is 4.58. The average Bonchev–Trinajstić information content (AvgIpc) is 3.29. The smallest absolute Gasteiger partial charge is 0.120 e. The van der Waals surface area contributed by atoms with Crippen LogP contribution < -0.4 is 15.4 Å². The summed E-state index contributed by atoms with van der Waals surface area (Å²) in [6.07, 6.45) is 2.56. The molecule has 104 valence electrons. The highest BCUT2D eigenvalue weighted by atomic mass is 16.5. The van der Waals surface area contributed by atoms with Gasteiger partial charge >= 0.3 is 0 Å². The molecule has 1 saturated heterocycles. The molecule has 2 aliphatic rings. The lowest BCUT2D eigenvalue weighted by atomic mass is 10.1. The lowest BCUT2D eigenvalue weighted by Crippen LogP contribution is -2.53. The van der Waals surface area contributed by atoms with Gasteiger partial charge in [-0.3, -0.25) is 4.90 Å². The Kier molecular flexibility index (Phi) is 3.37. The number of hydrogen-bond acceptors (Lipinski definition) is 4. The molecule has 19 heavy (non-hydrogen) atoms. The Morgan fingerprint density at radius 1 is 1.21 bits per heavy atom. The third-order valence-corrected chi connectivity index (χ3v) is 4.58. The molecule has 1 aromatic rings. The van der Waals surface area contributed by atoms with E-state index in [1.165, 1.54) is 18.5 Å². The van der Waals surface area contributed by atoms with Gasteiger partial charge in [0.15, 0.2) is 0 Å². The first-order valence-corrected chi connectivity index (χ1v) is 7.11. The second-order valence-corrected chi connectivity index (χ2v) is 5.60. The van der Waals surface area contributed by atoms with Crippen molar-refractivity contribution in [3.63, 3.8) is 0 Å². The van der Waals surface area contributed by atoms with Crippen molar-refractivity contribution in [3.8, 4) is 5.75 Å². The van der Waals surface area contributed by atoms with Crippen molar-refractivity contribution in [3.05, 3.63) is 24.3 Å². The molecule has 1 saturated carbocycles. The molecule has 3 rings (SSSR count). The standard InChI is InChI=1S/C15H23N3O/c1-19-14-4-2-3-13(11-14)17-7-9-18(10-8-17)15(12-16)5-6-15/h2-4,11H,5-10,12,16H2,1H3. The summed E-state index contributed by atoms with van der Waals surface area (Å²) in [4.78, 5) is 5.02. The van der Waals surface area contributed by atoms with Crippen LogP contribution in [0.3, 0.4) is 0 Å². The molecule has 1 heterocycles. The zero-order chi connectivity index (χ0) is 13.3. The van der Waals surface area contributed by atoms with Crippen LogP contribution in [0.25, 0.3) is 0 Å². The number of rotatable bonds is 4. The van der Waals surface area contributed by atoms with Crippen molar-refractivity contribution < 1.29 is 4.74 Å². The summed E-state index contributed by atoms with van der Waals surface area (Å²) in [5.41, 5.74) is 7.52. The fourth-order valence-electron chi connectivity index (χ4n) is 3.04. The van der Waals surface area contributed by atoms with Crippen molar-refractivity contribution >= 4 is 5.69 Å². The first kappa shape index (κ1) is 12.8. The molecule has 1 aliphatic heterocycles. The Bertz CT molecular complexity index is 437. The number of piperazine rings is 1. The van der Waals surface area contributed by atoms with E-state index in [1.807, 2.05) is 6.07 Å². The minimum atomic E-state index is 0.348. The Morgan fingerprint density at radius 3 is 2.53 bits per heavy atom. The molecule has 4 heteroatoms. The predicted molar refractivity (Wildman–Crippen MR) is 77.8 cm³/mol. The van der Waals surface area contributed by atoms with Crippen LogP contribution in [-0.2, 0) is 0 Å². The quantitative estimate of drug-likeness (QED) is 0.887.